The summed E-state index contributed by atoms with van der Waals surface area (Å²) in [4.78, 5) is 3.13. The van der Waals surface area contributed by atoms with E-state index in [1.54, 1.807) is 23.9 Å². The van der Waals surface area contributed by atoms with Crippen LogP contribution >= 0.6 is 22.4 Å². The molecule has 0 saturated heterocycles. The van der Waals surface area contributed by atoms with Gasteiger partial charge >= 0.3 is 0 Å². The first kappa shape index (κ1) is 12.6. The van der Waals surface area contributed by atoms with Crippen molar-refractivity contribution in [3.8, 4) is 12.3 Å². The number of halogens is 1. The molecule has 1 heterocycles. The van der Waals surface area contributed by atoms with Crippen molar-refractivity contribution in [3.63, 3.8) is 0 Å². The molecule has 0 atom stereocenters. The van der Waals surface area contributed by atoms with E-state index in [2.05, 4.69) is 5.92 Å². The predicted octanol–water partition coefficient (Wildman–Crippen LogP) is 2.16. The number of hydrogen-bond donors (Lipinski definition) is 0. The second-order valence-corrected chi connectivity index (χ2v) is 7.24. The lowest BCUT2D eigenvalue weighted by Gasteiger charge is -2.29. The molecule has 0 spiro atoms. The zero-order valence-electron chi connectivity index (χ0n) is 8.89. The average molecular weight is 288 g/mol. The number of terminal acetylenes is 1. The fourth-order valence-corrected chi connectivity index (χ4v) is 3.48. The van der Waals surface area contributed by atoms with E-state index in [0.29, 0.717) is 6.54 Å². The molecule has 0 saturated carbocycles. The quantitative estimate of drug-likeness (QED) is 0.617. The van der Waals surface area contributed by atoms with Crippen molar-refractivity contribution in [2.75, 3.05) is 23.7 Å². The second-order valence-electron chi connectivity index (χ2n) is 3.54. The van der Waals surface area contributed by atoms with E-state index in [1.165, 1.54) is 6.07 Å². The van der Waals surface area contributed by atoms with E-state index in [0.717, 1.165) is 22.9 Å². The van der Waals surface area contributed by atoms with Crippen molar-refractivity contribution in [2.45, 2.75) is 9.79 Å². The Morgan fingerprint density at radius 1 is 1.53 bits per heavy atom. The number of nitrogens with zero attached hydrogens (tertiary/aromatic N) is 1. The third-order valence-corrected chi connectivity index (χ3v) is 4.85. The van der Waals surface area contributed by atoms with Crippen LogP contribution in [0.4, 0.5) is 5.69 Å². The van der Waals surface area contributed by atoms with Crippen LogP contribution in [0.5, 0.6) is 0 Å². The van der Waals surface area contributed by atoms with Crippen molar-refractivity contribution in [1.29, 1.82) is 0 Å². The van der Waals surface area contributed by atoms with E-state index in [9.17, 15) is 8.42 Å². The molecular formula is C11H10ClNO2S2. The molecule has 1 aromatic carbocycles. The average Bonchev–Trinajstić information content (AvgIpc) is 2.28. The molecule has 0 radical (unpaired) electrons. The van der Waals surface area contributed by atoms with Gasteiger partial charge in [-0.3, -0.25) is 0 Å². The summed E-state index contributed by atoms with van der Waals surface area (Å²) in [5.74, 6) is 3.52. The zero-order valence-corrected chi connectivity index (χ0v) is 11.3. The molecule has 90 valence electrons. The molecular weight excluding hydrogens is 278 g/mol. The molecule has 0 aliphatic carbocycles. The maximum atomic E-state index is 11.3. The van der Waals surface area contributed by atoms with Gasteiger partial charge in [0, 0.05) is 27.9 Å². The van der Waals surface area contributed by atoms with Gasteiger partial charge < -0.3 is 4.90 Å². The SMILES string of the molecule is C#CCN1CCSc2ccc(S(=O)(=O)Cl)cc21. The van der Waals surface area contributed by atoms with Crippen molar-refractivity contribution in [3.05, 3.63) is 18.2 Å². The van der Waals surface area contributed by atoms with Crippen LogP contribution in [0.15, 0.2) is 28.0 Å². The van der Waals surface area contributed by atoms with Gasteiger partial charge in [0.2, 0.25) is 0 Å². The van der Waals surface area contributed by atoms with Crippen LogP contribution in [0.2, 0.25) is 0 Å². The van der Waals surface area contributed by atoms with Gasteiger partial charge in [0.25, 0.3) is 9.05 Å². The molecule has 17 heavy (non-hydrogen) atoms. The Bertz CT molecular complexity index is 578. The molecule has 1 aromatic rings. The Balaban J connectivity index is 2.48. The first-order valence-electron chi connectivity index (χ1n) is 4.92. The van der Waals surface area contributed by atoms with E-state index < -0.39 is 9.05 Å². The Kier molecular flexibility index (Phi) is 3.57. The fraction of sp³-hybridized carbons (Fsp3) is 0.273. The second kappa shape index (κ2) is 4.81. The Morgan fingerprint density at radius 2 is 2.29 bits per heavy atom. The minimum Gasteiger partial charge on any atom is -0.359 e. The molecule has 0 bridgehead atoms. The Hall–Kier alpha value is -0.830. The molecule has 1 aliphatic heterocycles. The maximum absolute atomic E-state index is 11.3. The summed E-state index contributed by atoms with van der Waals surface area (Å²) in [6.07, 6.45) is 5.30. The smallest absolute Gasteiger partial charge is 0.261 e. The van der Waals surface area contributed by atoms with Crippen LogP contribution < -0.4 is 4.90 Å². The summed E-state index contributed by atoms with van der Waals surface area (Å²) >= 11 is 1.69. The lowest BCUT2D eigenvalue weighted by Crippen LogP contribution is -2.29. The third-order valence-electron chi connectivity index (χ3n) is 2.45. The number of anilines is 1. The van der Waals surface area contributed by atoms with Crippen LogP contribution in [0.25, 0.3) is 0 Å². The molecule has 0 amide bonds. The van der Waals surface area contributed by atoms with Crippen molar-refractivity contribution in [2.24, 2.45) is 0 Å². The normalized spacial score (nSPS) is 15.2. The summed E-state index contributed by atoms with van der Waals surface area (Å²) in [6, 6.07) is 4.88. The molecule has 3 nitrogen and oxygen atoms in total. The van der Waals surface area contributed by atoms with E-state index in [4.69, 9.17) is 17.1 Å². The summed E-state index contributed by atoms with van der Waals surface area (Å²) in [5.41, 5.74) is 0.848. The third kappa shape index (κ3) is 2.71. The van der Waals surface area contributed by atoms with Crippen LogP contribution in [-0.2, 0) is 9.05 Å². The topological polar surface area (TPSA) is 37.4 Å². The minimum atomic E-state index is -3.69. The summed E-state index contributed by atoms with van der Waals surface area (Å²) in [5, 5.41) is 0. The van der Waals surface area contributed by atoms with Crippen LogP contribution in [0, 0.1) is 12.3 Å². The molecule has 0 unspecified atom stereocenters. The summed E-state index contributed by atoms with van der Waals surface area (Å²) in [7, 11) is 1.64. The number of fused-ring (bicyclic) bond motifs is 1. The predicted molar refractivity (Wildman–Crippen MR) is 71.3 cm³/mol. The number of rotatable bonds is 2. The standard InChI is InChI=1S/C11H10ClNO2S2/c1-2-5-13-6-7-16-11-4-3-9(8-10(11)13)17(12,14)15/h1,3-4,8H,5-7H2. The lowest BCUT2D eigenvalue weighted by atomic mass is 10.2. The number of thioether (sulfide) groups is 1. The van der Waals surface area contributed by atoms with Gasteiger partial charge in [0.1, 0.15) is 0 Å². The lowest BCUT2D eigenvalue weighted by molar-refractivity contribution is 0.609. The first-order valence-corrected chi connectivity index (χ1v) is 8.22. The summed E-state index contributed by atoms with van der Waals surface area (Å²) < 4.78 is 22.6. The molecule has 2 rings (SSSR count). The van der Waals surface area contributed by atoms with Crippen LogP contribution in [-0.4, -0.2) is 27.3 Å². The largest absolute Gasteiger partial charge is 0.359 e. The zero-order chi connectivity index (χ0) is 12.5. The first-order chi connectivity index (χ1) is 8.02. The van der Waals surface area contributed by atoms with Gasteiger partial charge in [0.05, 0.1) is 17.1 Å². The van der Waals surface area contributed by atoms with Gasteiger partial charge in [-0.1, -0.05) is 5.92 Å². The van der Waals surface area contributed by atoms with Gasteiger partial charge in [-0.2, -0.15) is 0 Å². The number of benzene rings is 1. The fourth-order valence-electron chi connectivity index (χ4n) is 1.68. The van der Waals surface area contributed by atoms with Gasteiger partial charge in [0.15, 0.2) is 0 Å². The van der Waals surface area contributed by atoms with Crippen molar-refractivity contribution in [1.82, 2.24) is 0 Å². The minimum absolute atomic E-state index is 0.113. The van der Waals surface area contributed by atoms with Crippen LogP contribution in [0.3, 0.4) is 0 Å². The van der Waals surface area contributed by atoms with E-state index in [-0.39, 0.29) is 4.90 Å². The molecule has 0 N–H and O–H groups in total. The van der Waals surface area contributed by atoms with Crippen molar-refractivity contribution < 1.29 is 8.42 Å². The van der Waals surface area contributed by atoms with Crippen molar-refractivity contribution >= 4 is 37.2 Å². The Morgan fingerprint density at radius 3 is 2.94 bits per heavy atom. The van der Waals surface area contributed by atoms with Crippen LogP contribution in [0.1, 0.15) is 0 Å². The molecule has 0 aromatic heterocycles. The highest BCUT2D eigenvalue weighted by Crippen LogP contribution is 2.36. The molecule has 0 fully saturated rings. The molecule has 6 heteroatoms. The van der Waals surface area contributed by atoms with E-state index >= 15 is 0 Å². The monoisotopic (exact) mass is 287 g/mol. The maximum Gasteiger partial charge on any atom is 0.261 e. The highest BCUT2D eigenvalue weighted by molar-refractivity contribution is 8.13. The Labute approximate surface area is 110 Å². The van der Waals surface area contributed by atoms with E-state index in [1.807, 2.05) is 4.90 Å². The highest BCUT2D eigenvalue weighted by Gasteiger charge is 2.20. The highest BCUT2D eigenvalue weighted by atomic mass is 35.7. The molecule has 1 aliphatic rings. The van der Waals surface area contributed by atoms with Gasteiger partial charge in [-0.15, -0.1) is 18.2 Å². The number of hydrogen-bond acceptors (Lipinski definition) is 4. The van der Waals surface area contributed by atoms with Gasteiger partial charge in [-0.05, 0) is 18.2 Å². The summed E-state index contributed by atoms with van der Waals surface area (Å²) in [6.45, 7) is 1.28. The van der Waals surface area contributed by atoms with Gasteiger partial charge in [-0.25, -0.2) is 8.42 Å².